The Morgan fingerprint density at radius 3 is 2.60 bits per heavy atom. The molecule has 1 aliphatic carbocycles. The summed E-state index contributed by atoms with van der Waals surface area (Å²) in [5.41, 5.74) is 5.76. The number of benzene rings is 1. The van der Waals surface area contributed by atoms with Crippen LogP contribution in [0, 0.1) is 0 Å². The fourth-order valence-electron chi connectivity index (χ4n) is 1.67. The zero-order valence-electron chi connectivity index (χ0n) is 8.71. The lowest BCUT2D eigenvalue weighted by atomic mass is 9.91. The van der Waals surface area contributed by atoms with Gasteiger partial charge in [-0.25, -0.2) is 8.78 Å². The van der Waals surface area contributed by atoms with Gasteiger partial charge in [0.15, 0.2) is 0 Å². The molecule has 1 unspecified atom stereocenters. The van der Waals surface area contributed by atoms with Crippen molar-refractivity contribution in [2.24, 2.45) is 5.73 Å². The van der Waals surface area contributed by atoms with Gasteiger partial charge < -0.3 is 5.73 Å². The van der Waals surface area contributed by atoms with Crippen LogP contribution in [0.3, 0.4) is 0 Å². The van der Waals surface area contributed by atoms with E-state index in [1.165, 1.54) is 19.8 Å². The van der Waals surface area contributed by atoms with Crippen LogP contribution in [0.5, 0.6) is 0 Å². The zero-order valence-corrected chi connectivity index (χ0v) is 8.71. The molecule has 1 fully saturated rings. The Balaban J connectivity index is 2.31. The van der Waals surface area contributed by atoms with Crippen molar-refractivity contribution < 1.29 is 8.78 Å². The first-order valence-electron chi connectivity index (χ1n) is 5.19. The van der Waals surface area contributed by atoms with Crippen molar-refractivity contribution in [3.05, 3.63) is 35.4 Å². The first kappa shape index (κ1) is 10.6. The fraction of sp³-hybridized carbons (Fsp3) is 0.500. The Bertz CT molecular complexity index is 356. The number of halogens is 2. The molecule has 1 aliphatic rings. The second-order valence-electron chi connectivity index (χ2n) is 4.48. The largest absolute Gasteiger partial charge is 0.317 e. The molecular weight excluding hydrogens is 196 g/mol. The highest BCUT2D eigenvalue weighted by atomic mass is 19.3. The van der Waals surface area contributed by atoms with Gasteiger partial charge in [-0.1, -0.05) is 24.3 Å². The average Bonchev–Trinajstić information content (AvgIpc) is 3.01. The third kappa shape index (κ3) is 2.02. The van der Waals surface area contributed by atoms with E-state index in [1.54, 1.807) is 6.07 Å². The predicted molar refractivity (Wildman–Crippen MR) is 56.0 cm³/mol. The molecule has 3 heteroatoms. The molecule has 0 heterocycles. The maximum absolute atomic E-state index is 12.7. The molecule has 1 atom stereocenters. The molecule has 0 radical (unpaired) electrons. The minimum Gasteiger partial charge on any atom is -0.317 e. The molecule has 0 bridgehead atoms. The van der Waals surface area contributed by atoms with Crippen LogP contribution < -0.4 is 5.73 Å². The fourth-order valence-corrected chi connectivity index (χ4v) is 1.67. The molecule has 1 aromatic rings. The van der Waals surface area contributed by atoms with E-state index in [4.69, 9.17) is 5.73 Å². The SMILES string of the molecule is CC(N)(c1cccc(C2CC2)c1)C(F)F. The molecule has 0 spiro atoms. The Morgan fingerprint density at radius 2 is 2.07 bits per heavy atom. The second kappa shape index (κ2) is 3.56. The standard InChI is InChI=1S/C12H15F2N/c1-12(15,11(13)14)10-4-2-3-9(7-10)8-5-6-8/h2-4,7-8,11H,5-6,15H2,1H3. The van der Waals surface area contributed by atoms with Crippen molar-refractivity contribution in [1.29, 1.82) is 0 Å². The lowest BCUT2D eigenvalue weighted by molar-refractivity contribution is 0.0625. The van der Waals surface area contributed by atoms with Crippen molar-refractivity contribution in [2.75, 3.05) is 0 Å². The Labute approximate surface area is 88.3 Å². The Hall–Kier alpha value is -0.960. The summed E-state index contributed by atoms with van der Waals surface area (Å²) in [4.78, 5) is 0. The summed E-state index contributed by atoms with van der Waals surface area (Å²) < 4.78 is 25.4. The number of nitrogens with two attached hydrogens (primary N) is 1. The molecule has 2 N–H and O–H groups in total. The summed E-state index contributed by atoms with van der Waals surface area (Å²) in [6, 6.07) is 7.31. The summed E-state index contributed by atoms with van der Waals surface area (Å²) in [5, 5.41) is 0. The van der Waals surface area contributed by atoms with Crippen LogP contribution in [0.25, 0.3) is 0 Å². The highest BCUT2D eigenvalue weighted by Crippen LogP contribution is 2.41. The maximum atomic E-state index is 12.7. The van der Waals surface area contributed by atoms with E-state index in [0.717, 1.165) is 5.56 Å². The number of hydrogen-bond acceptors (Lipinski definition) is 1. The first-order chi connectivity index (χ1) is 7.01. The summed E-state index contributed by atoms with van der Waals surface area (Å²) in [5.74, 6) is 0.568. The van der Waals surface area contributed by atoms with E-state index in [-0.39, 0.29) is 0 Å². The molecule has 1 saturated carbocycles. The van der Waals surface area contributed by atoms with Crippen LogP contribution in [-0.4, -0.2) is 6.43 Å². The number of rotatable bonds is 3. The average molecular weight is 211 g/mol. The van der Waals surface area contributed by atoms with E-state index in [2.05, 4.69) is 0 Å². The van der Waals surface area contributed by atoms with Crippen LogP contribution in [0.2, 0.25) is 0 Å². The van der Waals surface area contributed by atoms with Crippen molar-refractivity contribution in [3.8, 4) is 0 Å². The van der Waals surface area contributed by atoms with E-state index in [1.807, 2.05) is 18.2 Å². The monoisotopic (exact) mass is 211 g/mol. The van der Waals surface area contributed by atoms with Gasteiger partial charge >= 0.3 is 0 Å². The molecule has 0 aromatic heterocycles. The van der Waals surface area contributed by atoms with Crippen LogP contribution >= 0.6 is 0 Å². The van der Waals surface area contributed by atoms with Gasteiger partial charge in [-0.2, -0.15) is 0 Å². The van der Waals surface area contributed by atoms with Gasteiger partial charge in [0.05, 0.1) is 5.54 Å². The van der Waals surface area contributed by atoms with Crippen molar-refractivity contribution in [2.45, 2.75) is 37.6 Å². The van der Waals surface area contributed by atoms with Crippen molar-refractivity contribution in [3.63, 3.8) is 0 Å². The van der Waals surface area contributed by atoms with Gasteiger partial charge in [-0.3, -0.25) is 0 Å². The smallest absolute Gasteiger partial charge is 0.260 e. The van der Waals surface area contributed by atoms with E-state index in [9.17, 15) is 8.78 Å². The van der Waals surface area contributed by atoms with Gasteiger partial charge in [-0.05, 0) is 36.8 Å². The third-order valence-electron chi connectivity index (χ3n) is 3.01. The van der Waals surface area contributed by atoms with Crippen molar-refractivity contribution >= 4 is 0 Å². The number of alkyl halides is 2. The predicted octanol–water partition coefficient (Wildman–Crippen LogP) is 3.00. The van der Waals surface area contributed by atoms with Crippen LogP contribution in [-0.2, 0) is 5.54 Å². The summed E-state index contributed by atoms with van der Waals surface area (Å²) in [7, 11) is 0. The van der Waals surface area contributed by atoms with Gasteiger partial charge in [0.25, 0.3) is 6.43 Å². The quantitative estimate of drug-likeness (QED) is 0.817. The van der Waals surface area contributed by atoms with Gasteiger partial charge in [0.2, 0.25) is 0 Å². The molecule has 0 amide bonds. The van der Waals surface area contributed by atoms with Crippen LogP contribution in [0.1, 0.15) is 36.8 Å². The first-order valence-corrected chi connectivity index (χ1v) is 5.19. The van der Waals surface area contributed by atoms with E-state index >= 15 is 0 Å². The zero-order chi connectivity index (χ0) is 11.1. The molecule has 15 heavy (non-hydrogen) atoms. The van der Waals surface area contributed by atoms with Gasteiger partial charge in [0, 0.05) is 0 Å². The third-order valence-corrected chi connectivity index (χ3v) is 3.01. The summed E-state index contributed by atoms with van der Waals surface area (Å²) >= 11 is 0. The molecule has 1 aromatic carbocycles. The van der Waals surface area contributed by atoms with Crippen LogP contribution in [0.4, 0.5) is 8.78 Å². The molecule has 2 rings (SSSR count). The Morgan fingerprint density at radius 1 is 1.40 bits per heavy atom. The maximum Gasteiger partial charge on any atom is 0.260 e. The summed E-state index contributed by atoms with van der Waals surface area (Å²) in [6.07, 6.45) is -0.203. The van der Waals surface area contributed by atoms with E-state index < -0.39 is 12.0 Å². The minimum atomic E-state index is -2.54. The lowest BCUT2D eigenvalue weighted by Crippen LogP contribution is -2.40. The number of hydrogen-bond donors (Lipinski definition) is 1. The molecule has 1 nitrogen and oxygen atoms in total. The topological polar surface area (TPSA) is 26.0 Å². The second-order valence-corrected chi connectivity index (χ2v) is 4.48. The van der Waals surface area contributed by atoms with E-state index in [0.29, 0.717) is 11.5 Å². The Kier molecular flexibility index (Phi) is 2.51. The molecular formula is C12H15F2N. The van der Waals surface area contributed by atoms with Crippen molar-refractivity contribution in [1.82, 2.24) is 0 Å². The normalized spacial score (nSPS) is 20.3. The molecule has 0 saturated heterocycles. The van der Waals surface area contributed by atoms with Gasteiger partial charge in [0.1, 0.15) is 0 Å². The highest BCUT2D eigenvalue weighted by Gasteiger charge is 2.33. The molecule has 82 valence electrons. The van der Waals surface area contributed by atoms with Crippen LogP contribution in [0.15, 0.2) is 24.3 Å². The lowest BCUT2D eigenvalue weighted by Gasteiger charge is -2.24. The summed E-state index contributed by atoms with van der Waals surface area (Å²) in [6.45, 7) is 1.38. The molecule has 0 aliphatic heterocycles. The minimum absolute atomic E-state index is 0.530. The highest BCUT2D eigenvalue weighted by molar-refractivity contribution is 5.33. The van der Waals surface area contributed by atoms with Gasteiger partial charge in [-0.15, -0.1) is 0 Å².